The lowest BCUT2D eigenvalue weighted by atomic mass is 9.94. The molecule has 0 radical (unpaired) electrons. The smallest absolute Gasteiger partial charge is 0.262 e. The number of hydrogen-bond donors (Lipinski definition) is 2. The Morgan fingerprint density at radius 3 is 2.70 bits per heavy atom. The standard InChI is InChI=1S/C20H22N2O5/c1-20(2)12-27-15-9-8-13(10-14(15)22-19(20)24)21-18(23)11-26-17-7-5-4-6-16(17)25-3/h4-10H,11-12H2,1-3H3,(H,21,23)(H,22,24). The molecule has 27 heavy (non-hydrogen) atoms. The first kappa shape index (κ1) is 18.6. The molecule has 2 aromatic rings. The molecule has 0 fully saturated rings. The van der Waals surface area contributed by atoms with Crippen molar-refractivity contribution in [2.75, 3.05) is 31.0 Å². The molecule has 0 aromatic heterocycles. The van der Waals surface area contributed by atoms with Gasteiger partial charge in [-0.05, 0) is 44.2 Å². The third-order valence-electron chi connectivity index (χ3n) is 4.14. The van der Waals surface area contributed by atoms with E-state index in [2.05, 4.69) is 10.6 Å². The quantitative estimate of drug-likeness (QED) is 0.845. The molecule has 7 heteroatoms. The van der Waals surface area contributed by atoms with Crippen molar-refractivity contribution < 1.29 is 23.8 Å². The highest BCUT2D eigenvalue weighted by molar-refractivity contribution is 5.98. The highest BCUT2D eigenvalue weighted by atomic mass is 16.5. The van der Waals surface area contributed by atoms with Crippen LogP contribution in [0.5, 0.6) is 17.2 Å². The van der Waals surface area contributed by atoms with Crippen LogP contribution in [0.25, 0.3) is 0 Å². The maximum absolute atomic E-state index is 12.2. The van der Waals surface area contributed by atoms with Gasteiger partial charge in [0.1, 0.15) is 12.4 Å². The summed E-state index contributed by atoms with van der Waals surface area (Å²) in [6.07, 6.45) is 0. The normalized spacial score (nSPS) is 14.9. The average Bonchev–Trinajstić information content (AvgIpc) is 2.76. The van der Waals surface area contributed by atoms with E-state index in [0.29, 0.717) is 28.6 Å². The molecule has 142 valence electrons. The Bertz CT molecular complexity index is 863. The molecule has 0 bridgehead atoms. The van der Waals surface area contributed by atoms with Gasteiger partial charge < -0.3 is 24.8 Å². The van der Waals surface area contributed by atoms with Crippen molar-refractivity contribution in [3.8, 4) is 17.2 Å². The van der Waals surface area contributed by atoms with E-state index in [1.54, 1.807) is 36.4 Å². The summed E-state index contributed by atoms with van der Waals surface area (Å²) >= 11 is 0. The Morgan fingerprint density at radius 2 is 1.96 bits per heavy atom. The lowest BCUT2D eigenvalue weighted by molar-refractivity contribution is -0.125. The fraction of sp³-hybridized carbons (Fsp3) is 0.300. The maximum Gasteiger partial charge on any atom is 0.262 e. The average molecular weight is 370 g/mol. The zero-order valence-corrected chi connectivity index (χ0v) is 15.5. The molecule has 3 rings (SSSR count). The van der Waals surface area contributed by atoms with Crippen molar-refractivity contribution in [1.82, 2.24) is 0 Å². The van der Waals surface area contributed by atoms with Crippen LogP contribution in [0, 0.1) is 5.41 Å². The number of methoxy groups -OCH3 is 1. The molecule has 2 amide bonds. The number of hydrogen-bond acceptors (Lipinski definition) is 5. The van der Waals surface area contributed by atoms with E-state index in [9.17, 15) is 9.59 Å². The summed E-state index contributed by atoms with van der Waals surface area (Å²) in [6.45, 7) is 3.73. The van der Waals surface area contributed by atoms with Crippen molar-refractivity contribution in [3.63, 3.8) is 0 Å². The van der Waals surface area contributed by atoms with Crippen LogP contribution in [-0.2, 0) is 9.59 Å². The predicted molar refractivity (Wildman–Crippen MR) is 101 cm³/mol. The van der Waals surface area contributed by atoms with Gasteiger partial charge in [0.15, 0.2) is 18.1 Å². The fourth-order valence-electron chi connectivity index (χ4n) is 2.52. The first-order valence-corrected chi connectivity index (χ1v) is 8.53. The van der Waals surface area contributed by atoms with Gasteiger partial charge in [0.2, 0.25) is 5.91 Å². The highest BCUT2D eigenvalue weighted by Crippen LogP contribution is 2.34. The number of carbonyl (C=O) groups is 2. The van der Waals surface area contributed by atoms with Gasteiger partial charge in [0, 0.05) is 5.69 Å². The first-order valence-electron chi connectivity index (χ1n) is 8.53. The third-order valence-corrected chi connectivity index (χ3v) is 4.14. The second kappa shape index (κ2) is 7.57. The van der Waals surface area contributed by atoms with Crippen LogP contribution < -0.4 is 24.8 Å². The summed E-state index contributed by atoms with van der Waals surface area (Å²) in [5, 5.41) is 5.58. The van der Waals surface area contributed by atoms with Gasteiger partial charge in [-0.25, -0.2) is 0 Å². The molecule has 0 saturated carbocycles. The molecule has 0 aliphatic carbocycles. The van der Waals surface area contributed by atoms with Crippen LogP contribution in [0.3, 0.4) is 0 Å². The molecule has 0 saturated heterocycles. The number of fused-ring (bicyclic) bond motifs is 1. The van der Waals surface area contributed by atoms with Crippen molar-refractivity contribution in [2.24, 2.45) is 5.41 Å². The minimum Gasteiger partial charge on any atom is -0.493 e. The second-order valence-electron chi connectivity index (χ2n) is 6.83. The van der Waals surface area contributed by atoms with Crippen molar-refractivity contribution in [3.05, 3.63) is 42.5 Å². The molecule has 0 atom stereocenters. The molecular formula is C20H22N2O5. The largest absolute Gasteiger partial charge is 0.493 e. The molecule has 1 heterocycles. The number of benzene rings is 2. The summed E-state index contributed by atoms with van der Waals surface area (Å²) in [5.41, 5.74) is 0.422. The van der Waals surface area contributed by atoms with Gasteiger partial charge in [-0.1, -0.05) is 12.1 Å². The van der Waals surface area contributed by atoms with Crippen molar-refractivity contribution in [1.29, 1.82) is 0 Å². The molecule has 7 nitrogen and oxygen atoms in total. The Morgan fingerprint density at radius 1 is 1.22 bits per heavy atom. The van der Waals surface area contributed by atoms with Crippen LogP contribution in [-0.4, -0.2) is 32.1 Å². The zero-order valence-electron chi connectivity index (χ0n) is 15.5. The van der Waals surface area contributed by atoms with E-state index >= 15 is 0 Å². The minimum atomic E-state index is -0.634. The fourth-order valence-corrected chi connectivity index (χ4v) is 2.52. The number of anilines is 2. The maximum atomic E-state index is 12.2. The van der Waals surface area contributed by atoms with E-state index in [1.807, 2.05) is 19.9 Å². The summed E-state index contributed by atoms with van der Waals surface area (Å²) < 4.78 is 16.4. The number of amides is 2. The molecule has 1 aliphatic rings. The lowest BCUT2D eigenvalue weighted by Gasteiger charge is -2.18. The Kier molecular flexibility index (Phi) is 5.21. The second-order valence-corrected chi connectivity index (χ2v) is 6.83. The summed E-state index contributed by atoms with van der Waals surface area (Å²) in [4.78, 5) is 24.4. The van der Waals surface area contributed by atoms with Crippen LogP contribution >= 0.6 is 0 Å². The number of ether oxygens (including phenoxy) is 3. The van der Waals surface area contributed by atoms with Gasteiger partial charge in [-0.15, -0.1) is 0 Å². The van der Waals surface area contributed by atoms with Crippen LogP contribution in [0.15, 0.2) is 42.5 Å². The molecule has 2 N–H and O–H groups in total. The van der Waals surface area contributed by atoms with E-state index in [4.69, 9.17) is 14.2 Å². The summed E-state index contributed by atoms with van der Waals surface area (Å²) in [7, 11) is 1.54. The number of para-hydroxylation sites is 2. The Labute approximate surface area is 157 Å². The van der Waals surface area contributed by atoms with E-state index in [0.717, 1.165) is 0 Å². The van der Waals surface area contributed by atoms with E-state index < -0.39 is 5.41 Å². The summed E-state index contributed by atoms with van der Waals surface area (Å²) in [6, 6.07) is 12.2. The van der Waals surface area contributed by atoms with E-state index in [1.165, 1.54) is 7.11 Å². The number of nitrogens with one attached hydrogen (secondary N) is 2. The van der Waals surface area contributed by atoms with Crippen LogP contribution in [0.2, 0.25) is 0 Å². The monoisotopic (exact) mass is 370 g/mol. The van der Waals surface area contributed by atoms with Crippen LogP contribution in [0.4, 0.5) is 11.4 Å². The molecule has 1 aliphatic heterocycles. The third kappa shape index (κ3) is 4.31. The number of rotatable bonds is 5. The molecular weight excluding hydrogens is 348 g/mol. The van der Waals surface area contributed by atoms with Gasteiger partial charge >= 0.3 is 0 Å². The predicted octanol–water partition coefficient (Wildman–Crippen LogP) is 3.07. The topological polar surface area (TPSA) is 85.9 Å². The Hall–Kier alpha value is -3.22. The lowest BCUT2D eigenvalue weighted by Crippen LogP contribution is -2.33. The Balaban J connectivity index is 1.65. The summed E-state index contributed by atoms with van der Waals surface area (Å²) in [5.74, 6) is 1.14. The number of carbonyl (C=O) groups excluding carboxylic acids is 2. The molecule has 2 aromatic carbocycles. The van der Waals surface area contributed by atoms with Crippen molar-refractivity contribution in [2.45, 2.75) is 13.8 Å². The minimum absolute atomic E-state index is 0.135. The van der Waals surface area contributed by atoms with Gasteiger partial charge in [0.25, 0.3) is 5.91 Å². The van der Waals surface area contributed by atoms with Gasteiger partial charge in [-0.2, -0.15) is 0 Å². The van der Waals surface area contributed by atoms with Gasteiger partial charge in [-0.3, -0.25) is 9.59 Å². The molecule has 0 spiro atoms. The van der Waals surface area contributed by atoms with Crippen molar-refractivity contribution >= 4 is 23.2 Å². The zero-order chi connectivity index (χ0) is 19.4. The molecule has 0 unspecified atom stereocenters. The highest BCUT2D eigenvalue weighted by Gasteiger charge is 2.32. The SMILES string of the molecule is COc1ccccc1OCC(=O)Nc1ccc2c(c1)NC(=O)C(C)(C)CO2. The first-order chi connectivity index (χ1) is 12.9. The van der Waals surface area contributed by atoms with E-state index in [-0.39, 0.29) is 25.0 Å². The van der Waals surface area contributed by atoms with Gasteiger partial charge in [0.05, 0.1) is 18.2 Å². The van der Waals surface area contributed by atoms with Crippen LogP contribution in [0.1, 0.15) is 13.8 Å².